The zero-order chi connectivity index (χ0) is 53.2. The second kappa shape index (κ2) is 30.4. The molecule has 0 saturated carbocycles. The van der Waals surface area contributed by atoms with Crippen molar-refractivity contribution >= 4 is 70.5 Å². The first-order valence-corrected chi connectivity index (χ1v) is 24.0. The quantitative estimate of drug-likeness (QED) is 0.0259. The largest absolute Gasteiger partial charge is 0.466 e. The van der Waals surface area contributed by atoms with E-state index >= 15 is 0 Å². The van der Waals surface area contributed by atoms with E-state index < -0.39 is 97.6 Å². The minimum atomic E-state index is -1.61. The monoisotopic (exact) mass is 981 g/mol. The smallest absolute Gasteiger partial charge is 0.305 e. The second-order valence-electron chi connectivity index (χ2n) is 19.5. The molecule has 0 radical (unpaired) electrons. The average Bonchev–Trinajstić information content (AvgIpc) is 3.25. The van der Waals surface area contributed by atoms with Crippen LogP contribution in [0.4, 0.5) is 0 Å². The van der Waals surface area contributed by atoms with E-state index in [1.54, 1.807) is 13.8 Å². The van der Waals surface area contributed by atoms with Gasteiger partial charge >= 0.3 is 35.8 Å². The Morgan fingerprint density at radius 1 is 0.304 bits per heavy atom. The van der Waals surface area contributed by atoms with E-state index in [1.807, 2.05) is 27.7 Å². The highest BCUT2D eigenvalue weighted by Gasteiger charge is 2.43. The van der Waals surface area contributed by atoms with Crippen molar-refractivity contribution in [2.75, 3.05) is 39.6 Å². The highest BCUT2D eigenvalue weighted by Crippen LogP contribution is 2.36. The van der Waals surface area contributed by atoms with Gasteiger partial charge in [0.25, 0.3) is 0 Å². The van der Waals surface area contributed by atoms with Crippen LogP contribution in [0.15, 0.2) is 0 Å². The lowest BCUT2D eigenvalue weighted by Gasteiger charge is -2.29. The Labute approximate surface area is 408 Å². The summed E-state index contributed by atoms with van der Waals surface area (Å²) in [7, 11) is 0. The van der Waals surface area contributed by atoms with Crippen LogP contribution in [0.2, 0.25) is 0 Å². The summed E-state index contributed by atoms with van der Waals surface area (Å²) in [4.78, 5) is 151. The predicted molar refractivity (Wildman–Crippen MR) is 250 cm³/mol. The summed E-state index contributed by atoms with van der Waals surface area (Å²) >= 11 is 0. The van der Waals surface area contributed by atoms with Crippen LogP contribution in [-0.4, -0.2) is 110 Å². The number of ether oxygens (including phenoxy) is 6. The fourth-order valence-corrected chi connectivity index (χ4v) is 8.05. The average molecular weight is 981 g/mol. The molecule has 392 valence electrons. The molecule has 0 atom stereocenters. The number of carbonyl (C=O) groups excluding carboxylic acids is 12. The summed E-state index contributed by atoms with van der Waals surface area (Å²) in [6.45, 7) is 18.5. The standard InChI is InChI=1S/C51H80O18/c1-13-64-41(58)17-25-49(35(3)52,36(4)53)29-21-45(62)68-33-47(9,10)23-15-31-66-43(60)19-27-51(39(7)56,40(8)57)28-20-44(61)67-32-16-24-48(11,12)34-69-46(63)22-30-50(37(5)54,38(6)55)26-18-42(59)65-14-2/h13-34H2,1-12H3. The number of Topliss-reactive ketones (excluding diaryl/α,β-unsaturated/α-hetero) is 6. The summed E-state index contributed by atoms with van der Waals surface area (Å²) in [6.07, 6.45) is -0.247. The third-order valence-corrected chi connectivity index (χ3v) is 13.0. The van der Waals surface area contributed by atoms with Gasteiger partial charge in [0, 0.05) is 38.5 Å². The van der Waals surface area contributed by atoms with E-state index in [1.165, 1.54) is 41.5 Å². The van der Waals surface area contributed by atoms with Crippen LogP contribution >= 0.6 is 0 Å². The molecule has 0 fully saturated rings. The fourth-order valence-electron chi connectivity index (χ4n) is 8.05. The Balaban J connectivity index is 4.97. The molecule has 0 heterocycles. The summed E-state index contributed by atoms with van der Waals surface area (Å²) in [5.74, 6) is -6.40. The van der Waals surface area contributed by atoms with Crippen LogP contribution in [-0.2, 0) is 86.0 Å². The van der Waals surface area contributed by atoms with Gasteiger partial charge in [-0.2, -0.15) is 0 Å². The van der Waals surface area contributed by atoms with Crippen LogP contribution in [0, 0.1) is 27.1 Å². The molecular formula is C51H80O18. The SMILES string of the molecule is CCOC(=O)CCC(CCC(=O)OCC(C)(C)CCCOC(=O)CCC(CCC(=O)OCCCC(C)(C)COC(=O)CCC(CCC(=O)OCC)(C(C)=O)C(C)=O)(C(C)=O)C(C)=O)(C(C)=O)C(C)=O. The first-order valence-electron chi connectivity index (χ1n) is 24.0. The van der Waals surface area contributed by atoms with E-state index in [4.69, 9.17) is 28.4 Å². The number of esters is 6. The van der Waals surface area contributed by atoms with Gasteiger partial charge < -0.3 is 28.4 Å². The Bertz CT molecular complexity index is 1660. The van der Waals surface area contributed by atoms with E-state index in [9.17, 15) is 57.5 Å². The minimum absolute atomic E-state index is 0.00656. The predicted octanol–water partition coefficient (Wildman–Crippen LogP) is 7.07. The highest BCUT2D eigenvalue weighted by molar-refractivity contribution is 6.07. The van der Waals surface area contributed by atoms with Gasteiger partial charge in [0.15, 0.2) is 0 Å². The van der Waals surface area contributed by atoms with E-state index in [-0.39, 0.29) is 117 Å². The van der Waals surface area contributed by atoms with Crippen molar-refractivity contribution in [1.82, 2.24) is 0 Å². The number of ketones is 6. The zero-order valence-corrected chi connectivity index (χ0v) is 43.4. The number of carbonyl (C=O) groups is 12. The van der Waals surface area contributed by atoms with Crippen LogP contribution in [0.25, 0.3) is 0 Å². The van der Waals surface area contributed by atoms with E-state index in [0.717, 1.165) is 0 Å². The lowest BCUT2D eigenvalue weighted by atomic mass is 9.73. The summed E-state index contributed by atoms with van der Waals surface area (Å²) in [5, 5.41) is 0. The topological polar surface area (TPSA) is 260 Å². The Morgan fingerprint density at radius 2 is 0.507 bits per heavy atom. The molecule has 18 heteroatoms. The molecule has 0 N–H and O–H groups in total. The lowest BCUT2D eigenvalue weighted by molar-refractivity contribution is -0.152. The maximum Gasteiger partial charge on any atom is 0.305 e. The van der Waals surface area contributed by atoms with Crippen molar-refractivity contribution < 1.29 is 86.0 Å². The van der Waals surface area contributed by atoms with Crippen LogP contribution in [0.5, 0.6) is 0 Å². The van der Waals surface area contributed by atoms with Crippen molar-refractivity contribution in [3.8, 4) is 0 Å². The first kappa shape index (κ1) is 63.8. The molecule has 0 aliphatic carbocycles. The first-order chi connectivity index (χ1) is 32.0. The van der Waals surface area contributed by atoms with Gasteiger partial charge in [-0.25, -0.2) is 0 Å². The molecule has 0 aromatic heterocycles. The fraction of sp³-hybridized carbons (Fsp3) is 0.765. The Kier molecular flexibility index (Phi) is 28.2. The molecule has 0 rings (SSSR count). The summed E-state index contributed by atoms with van der Waals surface area (Å²) in [6, 6.07) is 0. The van der Waals surface area contributed by atoms with E-state index in [2.05, 4.69) is 0 Å². The van der Waals surface area contributed by atoms with Crippen molar-refractivity contribution in [2.24, 2.45) is 27.1 Å². The molecule has 0 aliphatic heterocycles. The number of hydrogen-bond donors (Lipinski definition) is 0. The molecule has 18 nitrogen and oxygen atoms in total. The van der Waals surface area contributed by atoms with Gasteiger partial charge in [-0.05, 0) is 130 Å². The maximum absolute atomic E-state index is 12.9. The molecule has 0 bridgehead atoms. The van der Waals surface area contributed by atoms with Crippen molar-refractivity contribution in [3.05, 3.63) is 0 Å². The van der Waals surface area contributed by atoms with Gasteiger partial charge in [-0.1, -0.05) is 27.7 Å². The van der Waals surface area contributed by atoms with Gasteiger partial charge in [0.2, 0.25) is 0 Å². The molecule has 0 aromatic carbocycles. The molecule has 0 unspecified atom stereocenters. The van der Waals surface area contributed by atoms with Crippen molar-refractivity contribution in [1.29, 1.82) is 0 Å². The second-order valence-corrected chi connectivity index (χ2v) is 19.5. The molecule has 0 aromatic rings. The number of rotatable bonds is 38. The third-order valence-electron chi connectivity index (χ3n) is 13.0. The van der Waals surface area contributed by atoms with Crippen LogP contribution in [0.1, 0.15) is 186 Å². The molecule has 0 aliphatic rings. The highest BCUT2D eigenvalue weighted by atomic mass is 16.6. The zero-order valence-electron chi connectivity index (χ0n) is 43.4. The lowest BCUT2D eigenvalue weighted by Crippen LogP contribution is -2.38. The van der Waals surface area contributed by atoms with Gasteiger partial charge in [-0.15, -0.1) is 0 Å². The minimum Gasteiger partial charge on any atom is -0.466 e. The summed E-state index contributed by atoms with van der Waals surface area (Å²) < 4.78 is 31.5. The van der Waals surface area contributed by atoms with Crippen molar-refractivity contribution in [3.63, 3.8) is 0 Å². The van der Waals surface area contributed by atoms with E-state index in [0.29, 0.717) is 25.7 Å². The molecule has 0 amide bonds. The van der Waals surface area contributed by atoms with Gasteiger partial charge in [0.1, 0.15) is 34.7 Å². The Hall–Kier alpha value is -5.16. The number of hydrogen-bond acceptors (Lipinski definition) is 18. The van der Waals surface area contributed by atoms with Gasteiger partial charge in [0.05, 0.1) is 55.9 Å². The van der Waals surface area contributed by atoms with Crippen LogP contribution < -0.4 is 0 Å². The third kappa shape index (κ3) is 22.9. The maximum atomic E-state index is 12.9. The summed E-state index contributed by atoms with van der Waals surface area (Å²) in [5.41, 5.74) is -5.71. The molecule has 0 saturated heterocycles. The van der Waals surface area contributed by atoms with Crippen molar-refractivity contribution in [2.45, 2.75) is 186 Å². The molecule has 69 heavy (non-hydrogen) atoms. The Morgan fingerprint density at radius 3 is 0.710 bits per heavy atom. The normalized spacial score (nSPS) is 12.0. The van der Waals surface area contributed by atoms with Crippen LogP contribution in [0.3, 0.4) is 0 Å². The van der Waals surface area contributed by atoms with Gasteiger partial charge in [-0.3, -0.25) is 57.5 Å². The molecule has 0 spiro atoms. The molecular weight excluding hydrogens is 901 g/mol.